The number of nitrogens with one attached hydrogen (secondary N) is 2. The van der Waals surface area contributed by atoms with E-state index in [2.05, 4.69) is 25.3 Å². The van der Waals surface area contributed by atoms with Gasteiger partial charge in [-0.3, -0.25) is 0 Å². The normalized spacial score (nSPS) is 14.1. The van der Waals surface area contributed by atoms with E-state index in [1.807, 2.05) is 36.9 Å². The van der Waals surface area contributed by atoms with Crippen LogP contribution in [-0.2, 0) is 5.41 Å². The lowest BCUT2D eigenvalue weighted by Crippen LogP contribution is -2.27. The number of urea groups is 1. The number of aromatic nitrogens is 2. The van der Waals surface area contributed by atoms with Gasteiger partial charge in [-0.15, -0.1) is 13.2 Å². The molecule has 3 aromatic carbocycles. The van der Waals surface area contributed by atoms with Gasteiger partial charge in [0.05, 0.1) is 17.1 Å². The van der Waals surface area contributed by atoms with Crippen molar-refractivity contribution in [3.8, 4) is 23.0 Å². The fourth-order valence-electron chi connectivity index (χ4n) is 5.20. The number of amides is 2. The van der Waals surface area contributed by atoms with Gasteiger partial charge in [0.25, 0.3) is 0 Å². The second-order valence-electron chi connectivity index (χ2n) is 10.3. The highest BCUT2D eigenvalue weighted by atomic mass is 19.4. The zero-order valence-electron chi connectivity index (χ0n) is 22.4. The Kier molecular flexibility index (Phi) is 6.40. The number of alkyl halides is 3. The standard InChI is InChI=1S/C30H24F3N5O4/c1-29(2)16-38(25-23(39)14-13-19(24(25)29)26-36-21-7-5-15-34-27(21)41-26)22-8-4-3-6-20(22)37-28(40)35-17-9-11-18(12-10-17)42-30(31,32)33/h3-15,39H,16H2,1-2H3,(H2,35,37,40). The van der Waals surface area contributed by atoms with Gasteiger partial charge in [-0.1, -0.05) is 26.0 Å². The fraction of sp³-hybridized carbons (Fsp3) is 0.167. The van der Waals surface area contributed by atoms with Gasteiger partial charge in [0.2, 0.25) is 11.6 Å². The van der Waals surface area contributed by atoms with Crippen LogP contribution in [0.1, 0.15) is 19.4 Å². The number of nitrogens with zero attached hydrogens (tertiary/aromatic N) is 3. The first-order chi connectivity index (χ1) is 20.0. The maximum atomic E-state index is 12.9. The van der Waals surface area contributed by atoms with Crippen LogP contribution in [-0.4, -0.2) is 34.0 Å². The third-order valence-corrected chi connectivity index (χ3v) is 6.84. The number of hydrogen-bond donors (Lipinski definition) is 3. The SMILES string of the molecule is CC1(C)CN(c2ccccc2NC(=O)Nc2ccc(OC(F)(F)F)cc2)c2c(O)ccc(-c3nc4cccnc4o3)c21. The molecule has 0 aliphatic carbocycles. The Morgan fingerprint density at radius 3 is 2.52 bits per heavy atom. The molecular formula is C30H24F3N5O4. The second kappa shape index (κ2) is 9.98. The highest BCUT2D eigenvalue weighted by Crippen LogP contribution is 2.53. The van der Waals surface area contributed by atoms with Gasteiger partial charge in [-0.05, 0) is 66.2 Å². The van der Waals surface area contributed by atoms with Crippen LogP contribution in [0.4, 0.5) is 40.7 Å². The number of benzene rings is 3. The molecule has 1 aliphatic heterocycles. The molecule has 2 aromatic heterocycles. The molecule has 0 fully saturated rings. The van der Waals surface area contributed by atoms with E-state index >= 15 is 0 Å². The number of halogens is 3. The molecule has 3 N–H and O–H groups in total. The minimum absolute atomic E-state index is 0.0500. The van der Waals surface area contributed by atoms with E-state index in [4.69, 9.17) is 4.42 Å². The van der Waals surface area contributed by atoms with Gasteiger partial charge >= 0.3 is 12.4 Å². The Balaban J connectivity index is 1.30. The molecule has 0 saturated heterocycles. The van der Waals surface area contributed by atoms with Crippen molar-refractivity contribution >= 4 is 40.0 Å². The van der Waals surface area contributed by atoms with Gasteiger partial charge in [-0.25, -0.2) is 14.8 Å². The smallest absolute Gasteiger partial charge is 0.506 e. The van der Waals surface area contributed by atoms with Crippen LogP contribution < -0.4 is 20.3 Å². The number of para-hydroxylation sites is 2. The number of carbonyl (C=O) groups excluding carboxylic acids is 1. The van der Waals surface area contributed by atoms with Crippen LogP contribution in [0.25, 0.3) is 22.7 Å². The molecule has 0 unspecified atom stereocenters. The predicted molar refractivity (Wildman–Crippen MR) is 151 cm³/mol. The molecule has 5 aromatic rings. The van der Waals surface area contributed by atoms with Gasteiger partial charge in [-0.2, -0.15) is 0 Å². The lowest BCUT2D eigenvalue weighted by molar-refractivity contribution is -0.274. The first-order valence-electron chi connectivity index (χ1n) is 12.9. The second-order valence-corrected chi connectivity index (χ2v) is 10.3. The summed E-state index contributed by atoms with van der Waals surface area (Å²) in [6.45, 7) is 4.56. The average Bonchev–Trinajstić information content (AvgIpc) is 3.49. The highest BCUT2D eigenvalue weighted by Gasteiger charge is 2.41. The van der Waals surface area contributed by atoms with Crippen molar-refractivity contribution in [3.05, 3.63) is 84.6 Å². The third-order valence-electron chi connectivity index (χ3n) is 6.84. The summed E-state index contributed by atoms with van der Waals surface area (Å²) < 4.78 is 47.2. The Morgan fingerprint density at radius 1 is 1.02 bits per heavy atom. The Morgan fingerprint density at radius 2 is 1.79 bits per heavy atom. The van der Waals surface area contributed by atoms with Gasteiger partial charge in [0.1, 0.15) is 17.0 Å². The summed E-state index contributed by atoms with van der Waals surface area (Å²) in [5.74, 6) is 0.0312. The number of fused-ring (bicyclic) bond motifs is 2. The third kappa shape index (κ3) is 5.14. The lowest BCUT2D eigenvalue weighted by atomic mass is 9.83. The zero-order chi connectivity index (χ0) is 29.6. The number of pyridine rings is 1. The maximum absolute atomic E-state index is 12.9. The zero-order valence-corrected chi connectivity index (χ0v) is 22.4. The molecule has 42 heavy (non-hydrogen) atoms. The summed E-state index contributed by atoms with van der Waals surface area (Å²) in [6.07, 6.45) is -3.19. The molecule has 0 radical (unpaired) electrons. The minimum Gasteiger partial charge on any atom is -0.506 e. The quantitative estimate of drug-likeness (QED) is 0.198. The fourth-order valence-corrected chi connectivity index (χ4v) is 5.20. The number of phenolic OH excluding ortho intramolecular Hbond substituents is 1. The minimum atomic E-state index is -4.81. The van der Waals surface area contributed by atoms with Crippen molar-refractivity contribution in [2.24, 2.45) is 0 Å². The van der Waals surface area contributed by atoms with Crippen molar-refractivity contribution in [3.63, 3.8) is 0 Å². The van der Waals surface area contributed by atoms with Crippen molar-refractivity contribution in [2.45, 2.75) is 25.6 Å². The first-order valence-corrected chi connectivity index (χ1v) is 12.9. The molecule has 0 saturated carbocycles. The molecule has 6 rings (SSSR count). The largest absolute Gasteiger partial charge is 0.573 e. The van der Waals surface area contributed by atoms with Crippen LogP contribution in [0.15, 0.2) is 83.4 Å². The van der Waals surface area contributed by atoms with E-state index in [9.17, 15) is 23.1 Å². The maximum Gasteiger partial charge on any atom is 0.573 e. The number of hydrogen-bond acceptors (Lipinski definition) is 7. The summed E-state index contributed by atoms with van der Waals surface area (Å²) in [5, 5.41) is 16.5. The summed E-state index contributed by atoms with van der Waals surface area (Å²) >= 11 is 0. The number of ether oxygens (including phenoxy) is 1. The first kappa shape index (κ1) is 26.9. The number of rotatable bonds is 5. The monoisotopic (exact) mass is 575 g/mol. The molecule has 9 nitrogen and oxygen atoms in total. The lowest BCUT2D eigenvalue weighted by Gasteiger charge is -2.25. The van der Waals surface area contributed by atoms with Crippen molar-refractivity contribution in [1.29, 1.82) is 0 Å². The van der Waals surface area contributed by atoms with Crippen LogP contribution in [0.5, 0.6) is 11.5 Å². The van der Waals surface area contributed by atoms with Gasteiger partial charge in [0, 0.05) is 29.4 Å². The van der Waals surface area contributed by atoms with Crippen molar-refractivity contribution in [2.75, 3.05) is 22.1 Å². The van der Waals surface area contributed by atoms with Gasteiger partial charge < -0.3 is 29.8 Å². The number of aromatic hydroxyl groups is 1. The Hall–Kier alpha value is -5.26. The topological polar surface area (TPSA) is 113 Å². The molecule has 2 amide bonds. The van der Waals surface area contributed by atoms with E-state index in [0.717, 1.165) is 23.3 Å². The van der Waals surface area contributed by atoms with Crippen molar-refractivity contribution in [1.82, 2.24) is 9.97 Å². The van der Waals surface area contributed by atoms with E-state index in [1.165, 1.54) is 12.1 Å². The Labute approximate surface area is 237 Å². The molecular weight excluding hydrogens is 551 g/mol. The molecule has 1 aliphatic rings. The van der Waals surface area contributed by atoms with Crippen LogP contribution in [0, 0.1) is 0 Å². The summed E-state index contributed by atoms with van der Waals surface area (Å²) in [5.41, 5.74) is 4.00. The average molecular weight is 576 g/mol. The Bertz CT molecular complexity index is 1770. The van der Waals surface area contributed by atoms with Gasteiger partial charge in [0.15, 0.2) is 0 Å². The molecule has 0 atom stereocenters. The van der Waals surface area contributed by atoms with E-state index in [0.29, 0.717) is 40.7 Å². The predicted octanol–water partition coefficient (Wildman–Crippen LogP) is 7.57. The van der Waals surface area contributed by atoms with E-state index in [-0.39, 0.29) is 11.4 Å². The molecule has 214 valence electrons. The number of anilines is 4. The highest BCUT2D eigenvalue weighted by molar-refractivity contribution is 6.03. The summed E-state index contributed by atoms with van der Waals surface area (Å²) in [4.78, 5) is 23.7. The molecule has 12 heteroatoms. The number of carbonyl (C=O) groups is 1. The summed E-state index contributed by atoms with van der Waals surface area (Å²) in [7, 11) is 0. The van der Waals surface area contributed by atoms with Crippen LogP contribution in [0.3, 0.4) is 0 Å². The number of phenols is 1. The van der Waals surface area contributed by atoms with E-state index in [1.54, 1.807) is 36.5 Å². The molecule has 3 heterocycles. The molecule has 0 bridgehead atoms. The summed E-state index contributed by atoms with van der Waals surface area (Å²) in [6, 6.07) is 18.2. The van der Waals surface area contributed by atoms with Crippen molar-refractivity contribution < 1.29 is 32.2 Å². The van der Waals surface area contributed by atoms with Crippen LogP contribution in [0.2, 0.25) is 0 Å². The number of oxazole rings is 1. The van der Waals surface area contributed by atoms with Crippen LogP contribution >= 0.6 is 0 Å². The van der Waals surface area contributed by atoms with E-state index < -0.39 is 23.6 Å². The molecule has 0 spiro atoms.